The highest BCUT2D eigenvalue weighted by molar-refractivity contribution is 8.18. The first-order valence-electron chi connectivity index (χ1n) is 7.53. The van der Waals surface area contributed by atoms with E-state index in [9.17, 15) is 9.18 Å². The second kappa shape index (κ2) is 7.72. The number of amides is 1. The minimum Gasteiger partial charge on any atom is -0.494 e. The van der Waals surface area contributed by atoms with Gasteiger partial charge in [0, 0.05) is 5.56 Å². The summed E-state index contributed by atoms with van der Waals surface area (Å²) in [5, 5.41) is 3.33. The zero-order valence-electron chi connectivity index (χ0n) is 13.3. The Bertz CT molecular complexity index is 846. The Hall–Kier alpha value is -2.31. The average Bonchev–Trinajstić information content (AvgIpc) is 2.92. The van der Waals surface area contributed by atoms with Gasteiger partial charge in [-0.15, -0.1) is 0 Å². The smallest absolute Gasteiger partial charge is 0.264 e. The van der Waals surface area contributed by atoms with Crippen molar-refractivity contribution in [2.75, 3.05) is 6.61 Å². The number of carbonyl (C=O) groups is 1. The van der Waals surface area contributed by atoms with E-state index in [1.807, 2.05) is 6.92 Å². The number of hydrogen-bond acceptors (Lipinski definition) is 4. The first kappa shape index (κ1) is 17.5. The normalized spacial score (nSPS) is 17.2. The second-order valence-corrected chi connectivity index (χ2v) is 6.48. The molecule has 4 nitrogen and oxygen atoms in total. The molecule has 0 radical (unpaired) electrons. The summed E-state index contributed by atoms with van der Waals surface area (Å²) in [4.78, 5) is 16.8. The third kappa shape index (κ3) is 4.21. The van der Waals surface area contributed by atoms with Gasteiger partial charge in [-0.3, -0.25) is 4.79 Å². The Morgan fingerprint density at radius 1 is 1.28 bits per heavy atom. The molecule has 1 amide bonds. The number of halogens is 2. The molecule has 0 atom stereocenters. The van der Waals surface area contributed by atoms with Crippen LogP contribution < -0.4 is 10.1 Å². The molecule has 2 aromatic carbocycles. The molecule has 0 unspecified atom stereocenters. The van der Waals surface area contributed by atoms with Gasteiger partial charge >= 0.3 is 0 Å². The molecule has 25 heavy (non-hydrogen) atoms. The van der Waals surface area contributed by atoms with Crippen molar-refractivity contribution in [2.24, 2.45) is 4.99 Å². The van der Waals surface area contributed by atoms with Gasteiger partial charge in [0.1, 0.15) is 11.6 Å². The SMILES string of the molecule is CCOc1ccc(N=C2NC(=O)/C(=C/c3c(F)cccc3Cl)S2)cc1. The van der Waals surface area contributed by atoms with E-state index in [4.69, 9.17) is 16.3 Å². The molecule has 7 heteroatoms. The van der Waals surface area contributed by atoms with E-state index in [0.717, 1.165) is 17.5 Å². The number of nitrogens with zero attached hydrogens (tertiary/aromatic N) is 1. The monoisotopic (exact) mass is 376 g/mol. The molecule has 1 aliphatic rings. The van der Waals surface area contributed by atoms with Crippen molar-refractivity contribution in [3.05, 3.63) is 63.8 Å². The minimum atomic E-state index is -0.481. The van der Waals surface area contributed by atoms with Crippen molar-refractivity contribution in [1.29, 1.82) is 0 Å². The fourth-order valence-electron chi connectivity index (χ4n) is 2.16. The molecule has 3 rings (SSSR count). The van der Waals surface area contributed by atoms with Crippen LogP contribution in [0.1, 0.15) is 12.5 Å². The first-order valence-corrected chi connectivity index (χ1v) is 8.72. The Morgan fingerprint density at radius 2 is 2.04 bits per heavy atom. The van der Waals surface area contributed by atoms with Crippen LogP contribution >= 0.6 is 23.4 Å². The van der Waals surface area contributed by atoms with Crippen molar-refractivity contribution in [1.82, 2.24) is 5.32 Å². The summed E-state index contributed by atoms with van der Waals surface area (Å²) in [5.74, 6) is -0.0661. The summed E-state index contributed by atoms with van der Waals surface area (Å²) in [6, 6.07) is 11.6. The highest BCUT2D eigenvalue weighted by Crippen LogP contribution is 2.31. The van der Waals surface area contributed by atoms with Crippen LogP contribution in [0.4, 0.5) is 10.1 Å². The number of nitrogens with one attached hydrogen (secondary N) is 1. The number of rotatable bonds is 4. The van der Waals surface area contributed by atoms with Crippen molar-refractivity contribution in [3.63, 3.8) is 0 Å². The van der Waals surface area contributed by atoms with Gasteiger partial charge in [-0.25, -0.2) is 9.38 Å². The van der Waals surface area contributed by atoms with Crippen LogP contribution in [0, 0.1) is 5.82 Å². The standard InChI is InChI=1S/C18H14ClFN2O2S/c1-2-24-12-8-6-11(7-9-12)21-18-22-17(23)16(25-18)10-13-14(19)4-3-5-15(13)20/h3-10H,2H2,1H3,(H,21,22,23)/b16-10-. The van der Waals surface area contributed by atoms with Crippen LogP contribution in [-0.2, 0) is 4.79 Å². The van der Waals surface area contributed by atoms with E-state index in [0.29, 0.717) is 22.4 Å². The molecule has 0 saturated carbocycles. The van der Waals surface area contributed by atoms with E-state index in [1.54, 1.807) is 30.3 Å². The summed E-state index contributed by atoms with van der Waals surface area (Å²) >= 11 is 7.13. The molecule has 1 N–H and O–H groups in total. The predicted octanol–water partition coefficient (Wildman–Crippen LogP) is 4.77. The zero-order chi connectivity index (χ0) is 17.8. The quantitative estimate of drug-likeness (QED) is 0.782. The van der Waals surface area contributed by atoms with Gasteiger partial charge in [0.25, 0.3) is 5.91 Å². The van der Waals surface area contributed by atoms with Gasteiger partial charge in [-0.05, 0) is 61.2 Å². The van der Waals surface area contributed by atoms with Gasteiger partial charge in [0.05, 0.1) is 22.2 Å². The molecule has 1 saturated heterocycles. The van der Waals surface area contributed by atoms with Crippen molar-refractivity contribution >= 4 is 46.2 Å². The predicted molar refractivity (Wildman–Crippen MR) is 99.8 cm³/mol. The molecule has 1 fully saturated rings. The Labute approximate surface area is 153 Å². The lowest BCUT2D eigenvalue weighted by Crippen LogP contribution is -2.19. The molecule has 2 aromatic rings. The molecule has 1 aliphatic heterocycles. The molecule has 0 bridgehead atoms. The Morgan fingerprint density at radius 3 is 2.72 bits per heavy atom. The highest BCUT2D eigenvalue weighted by atomic mass is 35.5. The van der Waals surface area contributed by atoms with Crippen LogP contribution in [0.5, 0.6) is 5.75 Å². The Balaban J connectivity index is 1.81. The molecule has 0 aliphatic carbocycles. The second-order valence-electron chi connectivity index (χ2n) is 5.04. The summed E-state index contributed by atoms with van der Waals surface area (Å²) in [5.41, 5.74) is 0.862. The highest BCUT2D eigenvalue weighted by Gasteiger charge is 2.24. The van der Waals surface area contributed by atoms with Gasteiger partial charge < -0.3 is 10.1 Å². The zero-order valence-corrected chi connectivity index (χ0v) is 14.8. The lowest BCUT2D eigenvalue weighted by atomic mass is 10.2. The van der Waals surface area contributed by atoms with Gasteiger partial charge in [0.15, 0.2) is 5.17 Å². The van der Waals surface area contributed by atoms with E-state index in [1.165, 1.54) is 18.2 Å². The number of carbonyl (C=O) groups excluding carboxylic acids is 1. The van der Waals surface area contributed by atoms with Crippen LogP contribution in [0.25, 0.3) is 6.08 Å². The fourth-order valence-corrected chi connectivity index (χ4v) is 3.20. The van der Waals surface area contributed by atoms with Crippen molar-refractivity contribution in [3.8, 4) is 5.75 Å². The summed E-state index contributed by atoms with van der Waals surface area (Å²) in [6.45, 7) is 2.50. The largest absolute Gasteiger partial charge is 0.494 e. The van der Waals surface area contributed by atoms with Gasteiger partial charge in [0.2, 0.25) is 0 Å². The lowest BCUT2D eigenvalue weighted by Gasteiger charge is -2.02. The number of aliphatic imine (C=N–C) groups is 1. The van der Waals surface area contributed by atoms with Crippen LogP contribution in [0.2, 0.25) is 5.02 Å². The molecular weight excluding hydrogens is 363 g/mol. The van der Waals surface area contributed by atoms with Crippen LogP contribution in [0.3, 0.4) is 0 Å². The first-order chi connectivity index (χ1) is 12.1. The fraction of sp³-hybridized carbons (Fsp3) is 0.111. The molecule has 128 valence electrons. The topological polar surface area (TPSA) is 50.7 Å². The van der Waals surface area contributed by atoms with Crippen LogP contribution in [0.15, 0.2) is 52.4 Å². The summed E-state index contributed by atoms with van der Waals surface area (Å²) < 4.78 is 19.2. The summed E-state index contributed by atoms with van der Waals surface area (Å²) in [7, 11) is 0. The van der Waals surface area contributed by atoms with E-state index < -0.39 is 5.82 Å². The maximum absolute atomic E-state index is 13.9. The van der Waals surface area contributed by atoms with Crippen molar-refractivity contribution in [2.45, 2.75) is 6.92 Å². The summed E-state index contributed by atoms with van der Waals surface area (Å²) in [6.07, 6.45) is 1.43. The van der Waals surface area contributed by atoms with E-state index in [2.05, 4.69) is 10.3 Å². The Kier molecular flexibility index (Phi) is 5.40. The van der Waals surface area contributed by atoms with E-state index >= 15 is 0 Å². The maximum Gasteiger partial charge on any atom is 0.264 e. The number of hydrogen-bond donors (Lipinski definition) is 1. The number of thioether (sulfide) groups is 1. The lowest BCUT2D eigenvalue weighted by molar-refractivity contribution is -0.115. The third-order valence-electron chi connectivity index (χ3n) is 3.30. The third-order valence-corrected chi connectivity index (χ3v) is 4.54. The average molecular weight is 377 g/mol. The molecular formula is C18H14ClFN2O2S. The molecule has 0 aromatic heterocycles. The van der Waals surface area contributed by atoms with Crippen molar-refractivity contribution < 1.29 is 13.9 Å². The number of ether oxygens (including phenoxy) is 1. The molecule has 0 spiro atoms. The minimum absolute atomic E-state index is 0.184. The molecule has 1 heterocycles. The van der Waals surface area contributed by atoms with E-state index in [-0.39, 0.29) is 16.5 Å². The van der Waals surface area contributed by atoms with Crippen LogP contribution in [-0.4, -0.2) is 17.7 Å². The maximum atomic E-state index is 13.9. The number of benzene rings is 2. The number of amidine groups is 1. The van der Waals surface area contributed by atoms with Gasteiger partial charge in [-0.2, -0.15) is 0 Å². The van der Waals surface area contributed by atoms with Gasteiger partial charge in [-0.1, -0.05) is 17.7 Å².